The van der Waals surface area contributed by atoms with Gasteiger partial charge in [-0.25, -0.2) is 0 Å². The van der Waals surface area contributed by atoms with Gasteiger partial charge < -0.3 is 4.74 Å². The van der Waals surface area contributed by atoms with Gasteiger partial charge in [0.25, 0.3) is 0 Å². The van der Waals surface area contributed by atoms with Crippen molar-refractivity contribution in [2.24, 2.45) is 0 Å². The summed E-state index contributed by atoms with van der Waals surface area (Å²) in [6, 6.07) is 0. The van der Waals surface area contributed by atoms with E-state index in [4.69, 9.17) is 16.3 Å². The van der Waals surface area contributed by atoms with Crippen LogP contribution in [0.5, 0.6) is 0 Å². The van der Waals surface area contributed by atoms with Crippen LogP contribution in [-0.4, -0.2) is 12.6 Å². The van der Waals surface area contributed by atoms with Gasteiger partial charge in [0, 0.05) is 12.0 Å². The summed E-state index contributed by atoms with van der Waals surface area (Å²) in [7, 11) is 0. The maximum atomic E-state index is 10.8. The molecule has 0 amide bonds. The second-order valence-corrected chi connectivity index (χ2v) is 2.40. The van der Waals surface area contributed by atoms with E-state index in [-0.39, 0.29) is 12.6 Å². The van der Waals surface area contributed by atoms with Crippen molar-refractivity contribution in [3.05, 3.63) is 11.6 Å². The highest BCUT2D eigenvalue weighted by Gasteiger charge is 1.98. The van der Waals surface area contributed by atoms with Crippen molar-refractivity contribution in [1.29, 1.82) is 0 Å². The van der Waals surface area contributed by atoms with Gasteiger partial charge >= 0.3 is 5.97 Å². The van der Waals surface area contributed by atoms with Gasteiger partial charge in [-0.05, 0) is 12.5 Å². The fourth-order valence-electron chi connectivity index (χ4n) is 0.571. The van der Waals surface area contributed by atoms with Crippen LogP contribution < -0.4 is 0 Å². The fourth-order valence-corrected chi connectivity index (χ4v) is 0.643. The molecule has 11 heavy (non-hydrogen) atoms. The summed E-state index contributed by atoms with van der Waals surface area (Å²) in [4.78, 5) is 10.8. The van der Waals surface area contributed by atoms with Crippen molar-refractivity contribution in [2.75, 3.05) is 6.61 Å². The molecule has 0 aliphatic heterocycles. The minimum Gasteiger partial charge on any atom is -0.461 e. The molecule has 0 atom stereocenters. The third kappa shape index (κ3) is 7.40. The maximum Gasteiger partial charge on any atom is 0.306 e. The topological polar surface area (TPSA) is 26.3 Å². The third-order valence-electron chi connectivity index (χ3n) is 1.16. The van der Waals surface area contributed by atoms with Gasteiger partial charge in [-0.1, -0.05) is 24.9 Å². The second-order valence-electron chi connectivity index (χ2n) is 2.15. The van der Waals surface area contributed by atoms with E-state index >= 15 is 0 Å². The number of halogens is 1. The molecule has 0 saturated carbocycles. The molecule has 0 N–H and O–H groups in total. The molecule has 2 nitrogen and oxygen atoms in total. The second kappa shape index (κ2) is 7.61. The Morgan fingerprint density at radius 2 is 2.36 bits per heavy atom. The Morgan fingerprint density at radius 1 is 1.64 bits per heavy atom. The van der Waals surface area contributed by atoms with E-state index in [0.29, 0.717) is 6.42 Å². The van der Waals surface area contributed by atoms with E-state index in [0.717, 1.165) is 12.8 Å². The first-order chi connectivity index (χ1) is 5.31. The molecule has 0 spiro atoms. The highest BCUT2D eigenvalue weighted by atomic mass is 35.5. The average molecular weight is 177 g/mol. The van der Waals surface area contributed by atoms with Crippen LogP contribution in [0.25, 0.3) is 0 Å². The molecule has 0 heterocycles. The molecule has 0 aliphatic rings. The first-order valence-corrected chi connectivity index (χ1v) is 4.15. The van der Waals surface area contributed by atoms with Gasteiger partial charge in [0.05, 0.1) is 0 Å². The summed E-state index contributed by atoms with van der Waals surface area (Å²) < 4.78 is 4.77. The number of carbonyl (C=O) groups is 1. The first-order valence-electron chi connectivity index (χ1n) is 3.72. The lowest BCUT2D eigenvalue weighted by Gasteiger charge is -1.98. The zero-order valence-corrected chi connectivity index (χ0v) is 7.43. The Morgan fingerprint density at radius 3 is 2.91 bits per heavy atom. The number of hydrogen-bond acceptors (Lipinski definition) is 2. The van der Waals surface area contributed by atoms with Crippen LogP contribution >= 0.6 is 11.6 Å². The molecule has 64 valence electrons. The number of rotatable bonds is 5. The van der Waals surface area contributed by atoms with Crippen LogP contribution in [0.15, 0.2) is 11.6 Å². The smallest absolute Gasteiger partial charge is 0.306 e. The van der Waals surface area contributed by atoms with Crippen LogP contribution in [0.4, 0.5) is 0 Å². The zero-order valence-electron chi connectivity index (χ0n) is 6.68. The minimum absolute atomic E-state index is 0.151. The number of hydrogen-bond donors (Lipinski definition) is 0. The Hall–Kier alpha value is -0.500. The highest BCUT2D eigenvalue weighted by molar-refractivity contribution is 6.25. The predicted octanol–water partition coefficient (Wildman–Crippen LogP) is 2.47. The van der Waals surface area contributed by atoms with Gasteiger partial charge in [0.1, 0.15) is 6.61 Å². The Bertz CT molecular complexity index is 132. The zero-order chi connectivity index (χ0) is 8.53. The number of ether oxygens (including phenoxy) is 1. The van der Waals surface area contributed by atoms with Crippen molar-refractivity contribution in [3.8, 4) is 0 Å². The maximum absolute atomic E-state index is 10.8. The predicted molar refractivity (Wildman–Crippen MR) is 45.5 cm³/mol. The largest absolute Gasteiger partial charge is 0.461 e. The van der Waals surface area contributed by atoms with Crippen LogP contribution in [0.2, 0.25) is 0 Å². The SMILES string of the molecule is CCCCC(=O)OC/C=C/Cl. The molecule has 0 bridgehead atoms. The molecule has 0 aromatic carbocycles. The average Bonchev–Trinajstić information content (AvgIpc) is 2.01. The van der Waals surface area contributed by atoms with E-state index < -0.39 is 0 Å². The number of unbranched alkanes of at least 4 members (excludes halogenated alkanes) is 1. The lowest BCUT2D eigenvalue weighted by atomic mass is 10.2. The van der Waals surface area contributed by atoms with E-state index in [1.165, 1.54) is 5.54 Å². The summed E-state index contributed by atoms with van der Waals surface area (Å²) in [6.07, 6.45) is 4.00. The van der Waals surface area contributed by atoms with Gasteiger partial charge in [-0.15, -0.1) is 0 Å². The molecule has 0 fully saturated rings. The van der Waals surface area contributed by atoms with Gasteiger partial charge in [0.15, 0.2) is 0 Å². The normalized spacial score (nSPS) is 10.4. The summed E-state index contributed by atoms with van der Waals surface area (Å²) in [5, 5.41) is 0. The third-order valence-corrected chi connectivity index (χ3v) is 1.34. The van der Waals surface area contributed by atoms with Crippen LogP contribution in [0.1, 0.15) is 26.2 Å². The van der Waals surface area contributed by atoms with E-state index in [1.807, 2.05) is 6.92 Å². The molecule has 0 rings (SSSR count). The van der Waals surface area contributed by atoms with Crippen molar-refractivity contribution >= 4 is 17.6 Å². The summed E-state index contributed by atoms with van der Waals surface area (Å²) >= 11 is 5.22. The molecule has 3 heteroatoms. The first kappa shape index (κ1) is 10.5. The van der Waals surface area contributed by atoms with Crippen LogP contribution in [0, 0.1) is 0 Å². The molecule has 0 saturated heterocycles. The summed E-state index contributed by atoms with van der Waals surface area (Å²) in [6.45, 7) is 2.32. The quantitative estimate of drug-likeness (QED) is 0.602. The van der Waals surface area contributed by atoms with Crippen LogP contribution in [0.3, 0.4) is 0 Å². The minimum atomic E-state index is -0.151. The van der Waals surface area contributed by atoms with E-state index in [2.05, 4.69) is 0 Å². The van der Waals surface area contributed by atoms with Gasteiger partial charge in [0.2, 0.25) is 0 Å². The molecule has 0 unspecified atom stereocenters. The van der Waals surface area contributed by atoms with Crippen molar-refractivity contribution in [1.82, 2.24) is 0 Å². The number of carbonyl (C=O) groups excluding carboxylic acids is 1. The molecule has 0 aromatic rings. The monoisotopic (exact) mass is 176 g/mol. The Labute approximate surface area is 72.2 Å². The molecular formula is C8H13ClO2. The van der Waals surface area contributed by atoms with Crippen molar-refractivity contribution in [2.45, 2.75) is 26.2 Å². The van der Waals surface area contributed by atoms with Crippen molar-refractivity contribution < 1.29 is 9.53 Å². The Balaban J connectivity index is 3.22. The summed E-state index contributed by atoms with van der Waals surface area (Å²) in [5.74, 6) is -0.151. The highest BCUT2D eigenvalue weighted by Crippen LogP contribution is 1.96. The van der Waals surface area contributed by atoms with Crippen molar-refractivity contribution in [3.63, 3.8) is 0 Å². The van der Waals surface area contributed by atoms with Gasteiger partial charge in [-0.3, -0.25) is 4.79 Å². The number of esters is 1. The molecular weight excluding hydrogens is 164 g/mol. The Kier molecular flexibility index (Phi) is 7.26. The summed E-state index contributed by atoms with van der Waals surface area (Å²) in [5.41, 5.74) is 1.34. The standard InChI is InChI=1S/C8H13ClO2/c1-2-3-5-8(10)11-7-4-6-9/h4,6H,2-3,5,7H2,1H3/b6-4+. The molecule has 0 radical (unpaired) electrons. The lowest BCUT2D eigenvalue weighted by molar-refractivity contribution is -0.142. The molecule has 0 aromatic heterocycles. The van der Waals surface area contributed by atoms with E-state index in [1.54, 1.807) is 6.08 Å². The van der Waals surface area contributed by atoms with E-state index in [9.17, 15) is 4.79 Å². The van der Waals surface area contributed by atoms with Crippen LogP contribution in [-0.2, 0) is 9.53 Å². The lowest BCUT2D eigenvalue weighted by Crippen LogP contribution is -2.03. The molecule has 0 aliphatic carbocycles. The van der Waals surface area contributed by atoms with Gasteiger partial charge in [-0.2, -0.15) is 0 Å². The fraction of sp³-hybridized carbons (Fsp3) is 0.625.